The van der Waals surface area contributed by atoms with Gasteiger partial charge in [0.1, 0.15) is 11.9 Å². The number of sulfonamides is 1. The summed E-state index contributed by atoms with van der Waals surface area (Å²) in [7, 11) is -3.58. The highest BCUT2D eigenvalue weighted by molar-refractivity contribution is 7.90. The minimum absolute atomic E-state index is 0.0123. The molecule has 23 heavy (non-hydrogen) atoms. The Balaban J connectivity index is 1.99. The van der Waals surface area contributed by atoms with Crippen LogP contribution in [-0.2, 0) is 14.8 Å². The summed E-state index contributed by atoms with van der Waals surface area (Å²) in [6, 6.07) is 6.16. The number of hydrogen-bond acceptors (Lipinski definition) is 4. The summed E-state index contributed by atoms with van der Waals surface area (Å²) in [5, 5.41) is 0. The molecule has 6 nitrogen and oxygen atoms in total. The van der Waals surface area contributed by atoms with Crippen molar-refractivity contribution in [2.75, 3.05) is 13.1 Å². The largest absolute Gasteiger partial charge is 0.341 e. The van der Waals surface area contributed by atoms with Crippen LogP contribution >= 0.6 is 0 Å². The molecule has 2 aliphatic rings. The average molecular weight is 335 g/mol. The second kappa shape index (κ2) is 5.96. The van der Waals surface area contributed by atoms with Gasteiger partial charge in [0.2, 0.25) is 5.91 Å². The number of carbonyl (C=O) groups is 1. The summed E-state index contributed by atoms with van der Waals surface area (Å²) >= 11 is 0. The van der Waals surface area contributed by atoms with Gasteiger partial charge in [0, 0.05) is 18.7 Å². The molecule has 0 radical (unpaired) electrons. The van der Waals surface area contributed by atoms with Crippen LogP contribution in [0, 0.1) is 5.92 Å². The van der Waals surface area contributed by atoms with Crippen molar-refractivity contribution in [3.05, 3.63) is 29.8 Å². The fourth-order valence-corrected chi connectivity index (χ4v) is 3.98. The lowest BCUT2D eigenvalue weighted by Gasteiger charge is -2.34. The van der Waals surface area contributed by atoms with Crippen LogP contribution in [0.2, 0.25) is 0 Å². The van der Waals surface area contributed by atoms with Gasteiger partial charge >= 0.3 is 0 Å². The van der Waals surface area contributed by atoms with Gasteiger partial charge in [0.25, 0.3) is 10.0 Å². The van der Waals surface area contributed by atoms with Crippen molar-refractivity contribution in [3.8, 4) is 0 Å². The Morgan fingerprint density at radius 3 is 2.65 bits per heavy atom. The van der Waals surface area contributed by atoms with Gasteiger partial charge < -0.3 is 4.90 Å². The van der Waals surface area contributed by atoms with E-state index in [1.165, 1.54) is 0 Å². The van der Waals surface area contributed by atoms with Crippen LogP contribution < -0.4 is 4.72 Å². The number of fused-ring (bicyclic) bond motifs is 1. The second-order valence-electron chi connectivity index (χ2n) is 6.09. The molecule has 0 aromatic heterocycles. The van der Waals surface area contributed by atoms with Gasteiger partial charge in [-0.25, -0.2) is 8.42 Å². The van der Waals surface area contributed by atoms with Gasteiger partial charge in [-0.15, -0.1) is 0 Å². The van der Waals surface area contributed by atoms with E-state index in [9.17, 15) is 13.2 Å². The van der Waals surface area contributed by atoms with Crippen LogP contribution in [0.25, 0.3) is 0 Å². The van der Waals surface area contributed by atoms with Crippen LogP contribution in [-0.4, -0.2) is 44.2 Å². The highest BCUT2D eigenvalue weighted by atomic mass is 32.2. The molecule has 0 spiro atoms. The number of amidine groups is 1. The first-order valence-electron chi connectivity index (χ1n) is 7.93. The minimum Gasteiger partial charge on any atom is -0.341 e. The van der Waals surface area contributed by atoms with Crippen LogP contribution in [0.5, 0.6) is 0 Å². The van der Waals surface area contributed by atoms with E-state index < -0.39 is 16.1 Å². The van der Waals surface area contributed by atoms with Gasteiger partial charge in [0.15, 0.2) is 0 Å². The standard InChI is InChI=1S/C16H21N3O3S/c1-3-11(2)14(16(20)19-9-6-10-19)17-15-12-7-4-5-8-13(12)23(21,22)18-15/h4-5,7-8,11,14H,3,6,9-10H2,1-2H3,(H,17,18)/t11-,14-/m0/s1. The molecule has 2 heterocycles. The van der Waals surface area contributed by atoms with Crippen molar-refractivity contribution in [2.24, 2.45) is 10.9 Å². The van der Waals surface area contributed by atoms with E-state index in [4.69, 9.17) is 0 Å². The molecule has 1 amide bonds. The molecular weight excluding hydrogens is 314 g/mol. The number of aliphatic imine (C=N–C) groups is 1. The lowest BCUT2D eigenvalue weighted by molar-refractivity contribution is -0.137. The number of hydrogen-bond donors (Lipinski definition) is 1. The van der Waals surface area contributed by atoms with E-state index in [1.54, 1.807) is 29.2 Å². The maximum absolute atomic E-state index is 12.6. The average Bonchev–Trinajstić information content (AvgIpc) is 2.74. The molecule has 2 atom stereocenters. The van der Waals surface area contributed by atoms with Crippen molar-refractivity contribution in [2.45, 2.75) is 37.6 Å². The molecule has 2 aliphatic heterocycles. The first-order valence-corrected chi connectivity index (χ1v) is 9.41. The molecule has 124 valence electrons. The number of nitrogens with one attached hydrogen (secondary N) is 1. The van der Waals surface area contributed by atoms with Crippen molar-refractivity contribution in [1.29, 1.82) is 0 Å². The summed E-state index contributed by atoms with van der Waals surface area (Å²) in [4.78, 5) is 19.2. The molecule has 1 N–H and O–H groups in total. The zero-order valence-corrected chi connectivity index (χ0v) is 14.1. The van der Waals surface area contributed by atoms with E-state index in [1.807, 2.05) is 13.8 Å². The van der Waals surface area contributed by atoms with E-state index >= 15 is 0 Å². The monoisotopic (exact) mass is 335 g/mol. The quantitative estimate of drug-likeness (QED) is 0.902. The van der Waals surface area contributed by atoms with Gasteiger partial charge in [-0.1, -0.05) is 32.4 Å². The Hall–Kier alpha value is -1.89. The highest BCUT2D eigenvalue weighted by Crippen LogP contribution is 2.25. The Kier molecular flexibility index (Phi) is 4.14. The molecule has 1 aromatic rings. The number of amides is 1. The summed E-state index contributed by atoms with van der Waals surface area (Å²) in [5.74, 6) is 0.314. The summed E-state index contributed by atoms with van der Waals surface area (Å²) in [6.45, 7) is 5.51. The van der Waals surface area contributed by atoms with E-state index in [2.05, 4.69) is 9.71 Å². The van der Waals surface area contributed by atoms with Crippen molar-refractivity contribution >= 4 is 21.8 Å². The summed E-state index contributed by atoms with van der Waals surface area (Å²) in [5.41, 5.74) is 0.539. The van der Waals surface area contributed by atoms with Crippen LogP contribution in [0.4, 0.5) is 0 Å². The summed E-state index contributed by atoms with van der Waals surface area (Å²) in [6.07, 6.45) is 1.82. The maximum Gasteiger partial charge on any atom is 0.263 e. The molecule has 0 aliphatic carbocycles. The topological polar surface area (TPSA) is 78.8 Å². The number of likely N-dealkylation sites (tertiary alicyclic amines) is 1. The van der Waals surface area contributed by atoms with Gasteiger partial charge in [-0.05, 0) is 24.5 Å². The smallest absolute Gasteiger partial charge is 0.263 e. The molecule has 0 unspecified atom stereocenters. The third-order valence-corrected chi connectivity index (χ3v) is 5.93. The third kappa shape index (κ3) is 2.85. The number of nitrogens with zero attached hydrogens (tertiary/aromatic N) is 2. The zero-order chi connectivity index (χ0) is 16.6. The molecule has 0 bridgehead atoms. The fraction of sp³-hybridized carbons (Fsp3) is 0.500. The van der Waals surface area contributed by atoms with E-state index in [0.717, 1.165) is 25.9 Å². The Bertz CT molecular complexity index is 754. The molecule has 0 saturated carbocycles. The number of carbonyl (C=O) groups excluding carboxylic acids is 1. The Morgan fingerprint density at radius 2 is 2.04 bits per heavy atom. The number of rotatable bonds is 4. The predicted molar refractivity (Wildman–Crippen MR) is 87.7 cm³/mol. The molecule has 1 fully saturated rings. The van der Waals surface area contributed by atoms with Gasteiger partial charge in [-0.3, -0.25) is 14.5 Å². The Labute approximate surface area is 136 Å². The van der Waals surface area contributed by atoms with Crippen molar-refractivity contribution in [1.82, 2.24) is 9.62 Å². The van der Waals surface area contributed by atoms with Crippen LogP contribution in [0.1, 0.15) is 32.3 Å². The minimum atomic E-state index is -3.58. The molecule has 1 aromatic carbocycles. The van der Waals surface area contributed by atoms with Crippen LogP contribution in [0.15, 0.2) is 34.2 Å². The first kappa shape index (κ1) is 16.0. The van der Waals surface area contributed by atoms with Gasteiger partial charge in [-0.2, -0.15) is 0 Å². The lowest BCUT2D eigenvalue weighted by atomic mass is 9.97. The SMILES string of the molecule is CC[C@H](C)[C@H](N=C1NS(=O)(=O)c2ccccc21)C(=O)N1CCC1. The predicted octanol–water partition coefficient (Wildman–Crippen LogP) is 1.37. The van der Waals surface area contributed by atoms with Crippen molar-refractivity contribution < 1.29 is 13.2 Å². The zero-order valence-electron chi connectivity index (χ0n) is 13.3. The second-order valence-corrected chi connectivity index (χ2v) is 7.74. The fourth-order valence-electron chi connectivity index (χ4n) is 2.74. The molecule has 7 heteroatoms. The summed E-state index contributed by atoms with van der Waals surface area (Å²) < 4.78 is 26.8. The van der Waals surface area contributed by atoms with Crippen molar-refractivity contribution in [3.63, 3.8) is 0 Å². The number of benzene rings is 1. The third-order valence-electron chi connectivity index (χ3n) is 4.53. The van der Waals surface area contributed by atoms with Crippen LogP contribution in [0.3, 0.4) is 0 Å². The molecule has 3 rings (SSSR count). The van der Waals surface area contributed by atoms with E-state index in [0.29, 0.717) is 5.56 Å². The normalized spacial score (nSPS) is 22.9. The first-order chi connectivity index (χ1) is 10.9. The molecular formula is C16H21N3O3S. The molecule has 1 saturated heterocycles. The Morgan fingerprint density at radius 1 is 1.35 bits per heavy atom. The van der Waals surface area contributed by atoms with E-state index in [-0.39, 0.29) is 22.6 Å². The van der Waals surface area contributed by atoms with Gasteiger partial charge in [0.05, 0.1) is 4.90 Å². The maximum atomic E-state index is 12.6. The highest BCUT2D eigenvalue weighted by Gasteiger charge is 2.35. The lowest BCUT2D eigenvalue weighted by Crippen LogP contribution is -2.48.